The highest BCUT2D eigenvalue weighted by Gasteiger charge is 2.25. The fraction of sp³-hybridized carbons (Fsp3) is 0.625. The molecule has 1 aliphatic heterocycles. The smallest absolute Gasteiger partial charge is 0.0236 e. The molecule has 1 fully saturated rings. The second kappa shape index (κ2) is 6.35. The fourth-order valence-electron chi connectivity index (χ4n) is 2.87. The Morgan fingerprint density at radius 3 is 2.39 bits per heavy atom. The Morgan fingerprint density at radius 2 is 1.83 bits per heavy atom. The molecule has 1 aromatic carbocycles. The van der Waals surface area contributed by atoms with Gasteiger partial charge in [-0.25, -0.2) is 0 Å². The summed E-state index contributed by atoms with van der Waals surface area (Å²) in [5, 5.41) is 3.36. The van der Waals surface area contributed by atoms with Crippen LogP contribution in [0.5, 0.6) is 0 Å². The maximum Gasteiger partial charge on any atom is 0.0236 e. The Balaban J connectivity index is 1.90. The van der Waals surface area contributed by atoms with E-state index >= 15 is 0 Å². The van der Waals surface area contributed by atoms with Crippen LogP contribution >= 0.6 is 0 Å². The van der Waals surface area contributed by atoms with E-state index in [1.807, 2.05) is 0 Å². The first kappa shape index (κ1) is 13.6. The van der Waals surface area contributed by atoms with Crippen molar-refractivity contribution in [2.45, 2.75) is 46.3 Å². The molecule has 18 heavy (non-hydrogen) atoms. The molecule has 0 saturated carbocycles. The average molecular weight is 246 g/mol. The van der Waals surface area contributed by atoms with Crippen LogP contribution in [-0.4, -0.2) is 24.0 Å². The molecule has 1 N–H and O–H groups in total. The van der Waals surface area contributed by atoms with Gasteiger partial charge in [-0.15, -0.1) is 0 Å². The molecule has 1 aromatic rings. The second-order valence-corrected chi connectivity index (χ2v) is 5.72. The molecule has 0 spiro atoms. The quantitative estimate of drug-likeness (QED) is 0.859. The van der Waals surface area contributed by atoms with Gasteiger partial charge in [-0.2, -0.15) is 0 Å². The molecule has 1 heterocycles. The molecular weight excluding hydrogens is 220 g/mol. The van der Waals surface area contributed by atoms with Crippen LogP contribution in [-0.2, 0) is 13.1 Å². The number of hydrogen-bond donors (Lipinski definition) is 1. The third-order valence-electron chi connectivity index (χ3n) is 3.90. The number of benzene rings is 1. The zero-order valence-electron chi connectivity index (χ0n) is 11.9. The highest BCUT2D eigenvalue weighted by atomic mass is 15.2. The van der Waals surface area contributed by atoms with Crippen LogP contribution in [0.2, 0.25) is 0 Å². The second-order valence-electron chi connectivity index (χ2n) is 5.72. The Labute approximate surface area is 111 Å². The third-order valence-corrected chi connectivity index (χ3v) is 3.90. The number of rotatable bonds is 5. The van der Waals surface area contributed by atoms with E-state index in [0.29, 0.717) is 0 Å². The topological polar surface area (TPSA) is 15.3 Å². The van der Waals surface area contributed by atoms with Crippen LogP contribution < -0.4 is 5.32 Å². The van der Waals surface area contributed by atoms with Gasteiger partial charge in [0.05, 0.1) is 0 Å². The fourth-order valence-corrected chi connectivity index (χ4v) is 2.87. The maximum absolute atomic E-state index is 3.36. The first-order chi connectivity index (χ1) is 8.69. The summed E-state index contributed by atoms with van der Waals surface area (Å²) in [4.78, 5) is 2.60. The predicted octanol–water partition coefficient (Wildman–Crippen LogP) is 3.03. The van der Waals surface area contributed by atoms with Gasteiger partial charge in [0.1, 0.15) is 0 Å². The minimum atomic E-state index is 0.737. The van der Waals surface area contributed by atoms with Gasteiger partial charge in [-0.05, 0) is 36.9 Å². The first-order valence-corrected chi connectivity index (χ1v) is 7.21. The molecule has 1 saturated heterocycles. The van der Waals surface area contributed by atoms with Gasteiger partial charge in [-0.1, -0.05) is 38.1 Å². The summed E-state index contributed by atoms with van der Waals surface area (Å²) in [5.41, 5.74) is 2.82. The monoisotopic (exact) mass is 246 g/mol. The Morgan fingerprint density at radius 1 is 1.17 bits per heavy atom. The molecule has 2 unspecified atom stereocenters. The number of nitrogens with zero attached hydrogens (tertiary/aromatic N) is 1. The van der Waals surface area contributed by atoms with Crippen LogP contribution in [0.1, 0.15) is 38.3 Å². The van der Waals surface area contributed by atoms with Gasteiger partial charge in [-0.3, -0.25) is 4.90 Å². The summed E-state index contributed by atoms with van der Waals surface area (Å²) in [5.74, 6) is 0.855. The van der Waals surface area contributed by atoms with Crippen molar-refractivity contribution in [2.75, 3.05) is 13.1 Å². The van der Waals surface area contributed by atoms with Crippen LogP contribution in [0.3, 0.4) is 0 Å². The van der Waals surface area contributed by atoms with Crippen LogP contribution in [0.25, 0.3) is 0 Å². The molecule has 1 aliphatic rings. The molecule has 2 nitrogen and oxygen atoms in total. The lowest BCUT2D eigenvalue weighted by Gasteiger charge is -2.21. The summed E-state index contributed by atoms with van der Waals surface area (Å²) < 4.78 is 0. The van der Waals surface area contributed by atoms with E-state index in [1.54, 1.807) is 0 Å². The van der Waals surface area contributed by atoms with E-state index in [2.05, 4.69) is 55.3 Å². The summed E-state index contributed by atoms with van der Waals surface area (Å²) >= 11 is 0. The van der Waals surface area contributed by atoms with Crippen molar-refractivity contribution >= 4 is 0 Å². The summed E-state index contributed by atoms with van der Waals surface area (Å²) in [6, 6.07) is 9.80. The number of likely N-dealkylation sites (tertiary alicyclic amines) is 1. The summed E-state index contributed by atoms with van der Waals surface area (Å²) in [6.45, 7) is 11.2. The van der Waals surface area contributed by atoms with Crippen LogP contribution in [0, 0.1) is 5.92 Å². The van der Waals surface area contributed by atoms with Gasteiger partial charge in [0.15, 0.2) is 0 Å². The highest BCUT2D eigenvalue weighted by Crippen LogP contribution is 2.24. The predicted molar refractivity (Wildman–Crippen MR) is 77.5 cm³/mol. The van der Waals surface area contributed by atoms with Gasteiger partial charge < -0.3 is 5.32 Å². The zero-order valence-corrected chi connectivity index (χ0v) is 11.9. The van der Waals surface area contributed by atoms with Crippen molar-refractivity contribution in [3.8, 4) is 0 Å². The van der Waals surface area contributed by atoms with E-state index in [4.69, 9.17) is 0 Å². The molecule has 0 radical (unpaired) electrons. The number of hydrogen-bond acceptors (Lipinski definition) is 2. The number of nitrogens with one attached hydrogen (secondary N) is 1. The van der Waals surface area contributed by atoms with Crippen LogP contribution in [0.15, 0.2) is 24.3 Å². The van der Waals surface area contributed by atoms with E-state index in [0.717, 1.165) is 31.6 Å². The van der Waals surface area contributed by atoms with E-state index in [9.17, 15) is 0 Å². The largest absolute Gasteiger partial charge is 0.313 e. The average Bonchev–Trinajstić information content (AvgIpc) is 2.67. The molecule has 2 rings (SSSR count). The summed E-state index contributed by atoms with van der Waals surface area (Å²) in [6.07, 6.45) is 1.35. The minimum absolute atomic E-state index is 0.737. The minimum Gasteiger partial charge on any atom is -0.313 e. The Kier molecular flexibility index (Phi) is 4.79. The molecular formula is C16H26N2. The highest BCUT2D eigenvalue weighted by molar-refractivity contribution is 5.22. The lowest BCUT2D eigenvalue weighted by molar-refractivity contribution is 0.256. The van der Waals surface area contributed by atoms with Gasteiger partial charge >= 0.3 is 0 Å². The third kappa shape index (κ3) is 3.56. The molecule has 0 amide bonds. The normalized spacial score (nSPS) is 24.6. The molecule has 2 heteroatoms. The molecule has 0 bridgehead atoms. The van der Waals surface area contributed by atoms with E-state index < -0.39 is 0 Å². The first-order valence-electron chi connectivity index (χ1n) is 7.21. The standard InChI is InChI=1S/C16H26N2/c1-4-17-10-15-5-7-16(8-6-15)12-18-11-13(2)9-14(18)3/h5-8,13-14,17H,4,9-12H2,1-3H3. The molecule has 0 aliphatic carbocycles. The van der Waals surface area contributed by atoms with Crippen molar-refractivity contribution in [1.29, 1.82) is 0 Å². The van der Waals surface area contributed by atoms with Crippen molar-refractivity contribution in [1.82, 2.24) is 10.2 Å². The van der Waals surface area contributed by atoms with Crippen molar-refractivity contribution in [3.63, 3.8) is 0 Å². The van der Waals surface area contributed by atoms with Crippen molar-refractivity contribution in [2.24, 2.45) is 5.92 Å². The van der Waals surface area contributed by atoms with Gasteiger partial charge in [0.25, 0.3) is 0 Å². The van der Waals surface area contributed by atoms with E-state index in [-0.39, 0.29) is 0 Å². The van der Waals surface area contributed by atoms with Crippen molar-refractivity contribution < 1.29 is 0 Å². The van der Waals surface area contributed by atoms with Gasteiger partial charge in [0, 0.05) is 25.7 Å². The summed E-state index contributed by atoms with van der Waals surface area (Å²) in [7, 11) is 0. The lowest BCUT2D eigenvalue weighted by Crippen LogP contribution is -2.26. The Hall–Kier alpha value is -0.860. The van der Waals surface area contributed by atoms with Gasteiger partial charge in [0.2, 0.25) is 0 Å². The maximum atomic E-state index is 3.36. The molecule has 100 valence electrons. The Bertz CT molecular complexity index is 358. The zero-order chi connectivity index (χ0) is 13.0. The lowest BCUT2D eigenvalue weighted by atomic mass is 10.1. The molecule has 0 aromatic heterocycles. The van der Waals surface area contributed by atoms with Crippen LogP contribution in [0.4, 0.5) is 0 Å². The molecule has 2 atom stereocenters. The SMILES string of the molecule is CCNCc1ccc(CN2CC(C)CC2C)cc1. The van der Waals surface area contributed by atoms with Crippen molar-refractivity contribution in [3.05, 3.63) is 35.4 Å². The van der Waals surface area contributed by atoms with E-state index in [1.165, 1.54) is 24.1 Å².